The molecule has 0 bridgehead atoms. The first kappa shape index (κ1) is 27.3. The molecule has 2 heterocycles. The van der Waals surface area contributed by atoms with Gasteiger partial charge in [0.25, 0.3) is 0 Å². The van der Waals surface area contributed by atoms with Crippen LogP contribution in [0.3, 0.4) is 0 Å². The molecule has 6 nitrogen and oxygen atoms in total. The highest BCUT2D eigenvalue weighted by molar-refractivity contribution is 6.30. The van der Waals surface area contributed by atoms with Crippen molar-refractivity contribution in [3.63, 3.8) is 0 Å². The zero-order valence-corrected chi connectivity index (χ0v) is 23.7. The van der Waals surface area contributed by atoms with Gasteiger partial charge in [-0.2, -0.15) is 0 Å². The zero-order valence-electron chi connectivity index (χ0n) is 22.9. The van der Waals surface area contributed by atoms with E-state index in [2.05, 4.69) is 69.8 Å². The third-order valence-corrected chi connectivity index (χ3v) is 8.17. The Bertz CT molecular complexity index is 1410. The van der Waals surface area contributed by atoms with Crippen LogP contribution in [0.25, 0.3) is 10.9 Å². The summed E-state index contributed by atoms with van der Waals surface area (Å²) in [6, 6.07) is 25.3. The molecule has 0 spiro atoms. The van der Waals surface area contributed by atoms with Crippen LogP contribution in [0.5, 0.6) is 5.75 Å². The van der Waals surface area contributed by atoms with E-state index in [9.17, 15) is 4.79 Å². The summed E-state index contributed by atoms with van der Waals surface area (Å²) in [5.41, 5.74) is 5.81. The average Bonchev–Trinajstić information content (AvgIpc) is 3.23. The maximum absolute atomic E-state index is 12.2. The van der Waals surface area contributed by atoms with Gasteiger partial charge < -0.3 is 14.0 Å². The molecule has 3 aromatic carbocycles. The van der Waals surface area contributed by atoms with Gasteiger partial charge in [0.05, 0.1) is 26.7 Å². The number of fused-ring (bicyclic) bond motifs is 1. The molecule has 1 atom stereocenters. The van der Waals surface area contributed by atoms with Gasteiger partial charge in [-0.25, -0.2) is 0 Å². The Morgan fingerprint density at radius 2 is 1.59 bits per heavy atom. The minimum atomic E-state index is -0.232. The van der Waals surface area contributed by atoms with Crippen molar-refractivity contribution in [2.75, 3.05) is 46.9 Å². The maximum atomic E-state index is 12.2. The number of methoxy groups -OCH3 is 2. The van der Waals surface area contributed by atoms with Crippen LogP contribution < -0.4 is 4.74 Å². The van der Waals surface area contributed by atoms with Crippen LogP contribution in [-0.2, 0) is 22.5 Å². The molecule has 1 aliphatic rings. The van der Waals surface area contributed by atoms with Gasteiger partial charge in [-0.15, -0.1) is 0 Å². The molecule has 0 radical (unpaired) electrons. The SMILES string of the molecule is COC(=O)Cc1c(C)n(CCN2CCN(C(c3ccccc3)c3ccc(Cl)cc3)CC2)c2ccc(OC)cc12. The molecule has 0 amide bonds. The fourth-order valence-corrected chi connectivity index (χ4v) is 5.89. The van der Waals surface area contributed by atoms with Crippen molar-refractivity contribution in [1.29, 1.82) is 0 Å². The molecule has 0 N–H and O–H groups in total. The average molecular weight is 546 g/mol. The lowest BCUT2D eigenvalue weighted by molar-refractivity contribution is -0.139. The van der Waals surface area contributed by atoms with Gasteiger partial charge in [0.15, 0.2) is 0 Å². The molecule has 1 aliphatic heterocycles. The molecule has 1 fully saturated rings. The third-order valence-electron chi connectivity index (χ3n) is 7.92. The second-order valence-electron chi connectivity index (χ2n) is 10.1. The minimum Gasteiger partial charge on any atom is -0.497 e. The van der Waals surface area contributed by atoms with Gasteiger partial charge in [0.1, 0.15) is 5.75 Å². The molecular formula is C32H36ClN3O3. The lowest BCUT2D eigenvalue weighted by atomic mass is 9.96. The molecule has 0 aliphatic carbocycles. The van der Waals surface area contributed by atoms with E-state index in [-0.39, 0.29) is 18.4 Å². The standard InChI is InChI=1S/C32H36ClN3O3/c1-23-28(22-31(37)39-3)29-21-27(38-2)13-14-30(29)36(23)20-17-34-15-18-35(19-16-34)32(24-7-5-4-6-8-24)25-9-11-26(33)12-10-25/h4-14,21,32H,15-20,22H2,1-3H3. The van der Waals surface area contributed by atoms with Crippen molar-refractivity contribution in [2.24, 2.45) is 0 Å². The largest absolute Gasteiger partial charge is 0.497 e. The Balaban J connectivity index is 1.30. The number of carbonyl (C=O) groups is 1. The van der Waals surface area contributed by atoms with Crippen molar-refractivity contribution >= 4 is 28.5 Å². The van der Waals surface area contributed by atoms with Crippen LogP contribution in [0.15, 0.2) is 72.8 Å². The number of halogens is 1. The highest BCUT2D eigenvalue weighted by atomic mass is 35.5. The Kier molecular flexibility index (Phi) is 8.56. The van der Waals surface area contributed by atoms with Gasteiger partial charge in [-0.3, -0.25) is 14.6 Å². The van der Waals surface area contributed by atoms with Crippen LogP contribution in [0.1, 0.15) is 28.4 Å². The predicted octanol–water partition coefficient (Wildman–Crippen LogP) is 5.73. The number of piperazine rings is 1. The number of nitrogens with zero attached hydrogens (tertiary/aromatic N) is 3. The van der Waals surface area contributed by atoms with E-state index in [0.717, 1.165) is 72.2 Å². The van der Waals surface area contributed by atoms with Gasteiger partial charge in [-0.05, 0) is 53.9 Å². The Morgan fingerprint density at radius 3 is 2.26 bits per heavy atom. The van der Waals surface area contributed by atoms with Crippen LogP contribution in [-0.4, -0.2) is 67.3 Å². The molecule has 0 saturated carbocycles. The maximum Gasteiger partial charge on any atom is 0.310 e. The first-order chi connectivity index (χ1) is 19.0. The number of benzene rings is 3. The summed E-state index contributed by atoms with van der Waals surface area (Å²) in [4.78, 5) is 17.3. The first-order valence-electron chi connectivity index (χ1n) is 13.5. The van der Waals surface area contributed by atoms with Crippen molar-refractivity contribution in [3.8, 4) is 5.75 Å². The minimum absolute atomic E-state index is 0.206. The van der Waals surface area contributed by atoms with E-state index in [4.69, 9.17) is 21.1 Å². The number of aromatic nitrogens is 1. The monoisotopic (exact) mass is 545 g/mol. The number of hydrogen-bond donors (Lipinski definition) is 0. The normalized spacial score (nSPS) is 15.4. The van der Waals surface area contributed by atoms with E-state index in [1.54, 1.807) is 7.11 Å². The lowest BCUT2D eigenvalue weighted by Gasteiger charge is -2.40. The molecule has 1 aromatic heterocycles. The summed E-state index contributed by atoms with van der Waals surface area (Å²) >= 11 is 6.20. The Morgan fingerprint density at radius 1 is 0.897 bits per heavy atom. The number of rotatable bonds is 9. The van der Waals surface area contributed by atoms with Crippen molar-refractivity contribution < 1.29 is 14.3 Å². The van der Waals surface area contributed by atoms with Gasteiger partial charge >= 0.3 is 5.97 Å². The number of ether oxygens (including phenoxy) is 2. The van der Waals surface area contributed by atoms with E-state index >= 15 is 0 Å². The first-order valence-corrected chi connectivity index (χ1v) is 13.9. The molecule has 4 aromatic rings. The topological polar surface area (TPSA) is 46.9 Å². The highest BCUT2D eigenvalue weighted by Crippen LogP contribution is 2.32. The second kappa shape index (κ2) is 12.2. The van der Waals surface area contributed by atoms with Crippen LogP contribution in [0.2, 0.25) is 5.02 Å². The summed E-state index contributed by atoms with van der Waals surface area (Å²) in [6.07, 6.45) is 0.253. The molecule has 5 rings (SSSR count). The highest BCUT2D eigenvalue weighted by Gasteiger charge is 2.27. The summed E-state index contributed by atoms with van der Waals surface area (Å²) < 4.78 is 12.8. The third kappa shape index (κ3) is 5.98. The van der Waals surface area contributed by atoms with E-state index < -0.39 is 0 Å². The summed E-state index contributed by atoms with van der Waals surface area (Å²) in [7, 11) is 3.10. The van der Waals surface area contributed by atoms with E-state index in [1.807, 2.05) is 24.3 Å². The summed E-state index contributed by atoms with van der Waals surface area (Å²) in [5.74, 6) is 0.556. The zero-order chi connectivity index (χ0) is 27.4. The molecule has 1 saturated heterocycles. The number of carbonyl (C=O) groups excluding carboxylic acids is 1. The number of hydrogen-bond acceptors (Lipinski definition) is 5. The molecule has 1 unspecified atom stereocenters. The Labute approximate surface area is 235 Å². The predicted molar refractivity (Wildman–Crippen MR) is 157 cm³/mol. The van der Waals surface area contributed by atoms with E-state index in [1.165, 1.54) is 18.2 Å². The second-order valence-corrected chi connectivity index (χ2v) is 10.5. The van der Waals surface area contributed by atoms with Gasteiger partial charge in [-0.1, -0.05) is 54.1 Å². The fraction of sp³-hybridized carbons (Fsp3) is 0.344. The van der Waals surface area contributed by atoms with Crippen molar-refractivity contribution in [3.05, 3.63) is 100 Å². The van der Waals surface area contributed by atoms with Crippen molar-refractivity contribution in [2.45, 2.75) is 25.9 Å². The molecular weight excluding hydrogens is 510 g/mol. The quantitative estimate of drug-likeness (QED) is 0.251. The van der Waals surface area contributed by atoms with Crippen molar-refractivity contribution in [1.82, 2.24) is 14.4 Å². The van der Waals surface area contributed by atoms with Crippen LogP contribution >= 0.6 is 11.6 Å². The smallest absolute Gasteiger partial charge is 0.310 e. The molecule has 7 heteroatoms. The van der Waals surface area contributed by atoms with Gasteiger partial charge in [0.2, 0.25) is 0 Å². The molecule has 39 heavy (non-hydrogen) atoms. The Hall–Kier alpha value is -3.32. The van der Waals surface area contributed by atoms with Crippen LogP contribution in [0.4, 0.5) is 0 Å². The summed E-state index contributed by atoms with van der Waals surface area (Å²) in [6.45, 7) is 7.86. The number of esters is 1. The van der Waals surface area contributed by atoms with Gasteiger partial charge in [0, 0.05) is 60.9 Å². The van der Waals surface area contributed by atoms with E-state index in [0.29, 0.717) is 0 Å². The summed E-state index contributed by atoms with van der Waals surface area (Å²) in [5, 5.41) is 1.81. The lowest BCUT2D eigenvalue weighted by Crippen LogP contribution is -2.48. The molecule has 204 valence electrons. The van der Waals surface area contributed by atoms with Crippen LogP contribution in [0, 0.1) is 6.92 Å². The fourth-order valence-electron chi connectivity index (χ4n) is 5.77.